The van der Waals surface area contributed by atoms with Crippen LogP contribution in [-0.2, 0) is 31.8 Å². The molecule has 1 atom stereocenters. The van der Waals surface area contributed by atoms with Crippen molar-refractivity contribution in [2.45, 2.75) is 45.4 Å². The molecular weight excluding hydrogens is 503 g/mol. The first-order valence-electron chi connectivity index (χ1n) is 11.8. The summed E-state index contributed by atoms with van der Waals surface area (Å²) in [4.78, 5) is 26.1. The summed E-state index contributed by atoms with van der Waals surface area (Å²) < 4.78 is 61.2. The number of ketones is 1. The number of carbonyl (C=O) groups is 2. The van der Waals surface area contributed by atoms with Crippen LogP contribution in [0.3, 0.4) is 0 Å². The number of allylic oxidation sites excluding steroid dienone is 2. The van der Waals surface area contributed by atoms with E-state index in [-0.39, 0.29) is 41.4 Å². The minimum Gasteiger partial charge on any atom is -0.496 e. The SMILES string of the molecule is COC(=O)C1=C(N)OC2=C(C(=O)CC(C)(C)C2)[C@H]1c1ccc(OC)c(COc2cccc(C(F)(F)F)c2)c1. The molecule has 202 valence electrons. The van der Waals surface area contributed by atoms with Gasteiger partial charge in [0.2, 0.25) is 5.88 Å². The van der Waals surface area contributed by atoms with E-state index in [1.165, 1.54) is 26.4 Å². The molecule has 1 aliphatic carbocycles. The molecular formula is C28H28F3NO6. The van der Waals surface area contributed by atoms with Gasteiger partial charge in [0.1, 0.15) is 29.4 Å². The smallest absolute Gasteiger partial charge is 0.416 e. The summed E-state index contributed by atoms with van der Waals surface area (Å²) in [6.07, 6.45) is -3.81. The number of benzene rings is 2. The fourth-order valence-corrected chi connectivity index (χ4v) is 4.84. The van der Waals surface area contributed by atoms with Gasteiger partial charge in [-0.15, -0.1) is 0 Å². The molecule has 2 aromatic rings. The first-order valence-corrected chi connectivity index (χ1v) is 11.8. The molecule has 38 heavy (non-hydrogen) atoms. The molecule has 0 radical (unpaired) electrons. The van der Waals surface area contributed by atoms with Crippen LogP contribution in [0.2, 0.25) is 0 Å². The van der Waals surface area contributed by atoms with Crippen molar-refractivity contribution in [1.82, 2.24) is 0 Å². The predicted octanol–water partition coefficient (Wildman–Crippen LogP) is 5.39. The molecule has 2 aliphatic rings. The Morgan fingerprint density at radius 1 is 1.13 bits per heavy atom. The molecule has 1 aliphatic heterocycles. The number of methoxy groups -OCH3 is 2. The summed E-state index contributed by atoms with van der Waals surface area (Å²) in [5, 5.41) is 0. The van der Waals surface area contributed by atoms with E-state index in [0.717, 1.165) is 12.1 Å². The van der Waals surface area contributed by atoms with Crippen molar-refractivity contribution < 1.29 is 41.7 Å². The number of ether oxygens (including phenoxy) is 4. The molecule has 0 spiro atoms. The van der Waals surface area contributed by atoms with Gasteiger partial charge < -0.3 is 24.7 Å². The summed E-state index contributed by atoms with van der Waals surface area (Å²) in [5.41, 5.74) is 6.32. The number of nitrogens with two attached hydrogens (primary N) is 1. The summed E-state index contributed by atoms with van der Waals surface area (Å²) in [5.74, 6) is -1.10. The topological polar surface area (TPSA) is 97.1 Å². The van der Waals surface area contributed by atoms with Gasteiger partial charge in [0.25, 0.3) is 0 Å². The first-order chi connectivity index (χ1) is 17.8. The van der Waals surface area contributed by atoms with Gasteiger partial charge in [0.05, 0.1) is 25.7 Å². The second-order valence-electron chi connectivity index (χ2n) is 9.97. The van der Waals surface area contributed by atoms with Crippen LogP contribution in [-0.4, -0.2) is 26.0 Å². The van der Waals surface area contributed by atoms with Crippen molar-refractivity contribution in [1.29, 1.82) is 0 Å². The Hall–Kier alpha value is -3.95. The number of hydrogen-bond donors (Lipinski definition) is 1. The third-order valence-corrected chi connectivity index (χ3v) is 6.55. The predicted molar refractivity (Wildman–Crippen MR) is 131 cm³/mol. The van der Waals surface area contributed by atoms with E-state index in [9.17, 15) is 22.8 Å². The lowest BCUT2D eigenvalue weighted by Gasteiger charge is -2.38. The average molecular weight is 532 g/mol. The molecule has 7 nitrogen and oxygen atoms in total. The van der Waals surface area contributed by atoms with Gasteiger partial charge >= 0.3 is 12.1 Å². The van der Waals surface area contributed by atoms with Gasteiger partial charge in [-0.1, -0.05) is 26.0 Å². The average Bonchev–Trinajstić information content (AvgIpc) is 2.85. The second kappa shape index (κ2) is 10.1. The Morgan fingerprint density at radius 2 is 1.87 bits per heavy atom. The molecule has 0 saturated carbocycles. The van der Waals surface area contributed by atoms with Crippen molar-refractivity contribution in [3.8, 4) is 11.5 Å². The van der Waals surface area contributed by atoms with Crippen LogP contribution in [0.4, 0.5) is 13.2 Å². The highest BCUT2D eigenvalue weighted by Gasteiger charge is 2.45. The van der Waals surface area contributed by atoms with E-state index < -0.39 is 23.6 Å². The maximum atomic E-state index is 13.3. The van der Waals surface area contributed by atoms with E-state index in [1.54, 1.807) is 18.2 Å². The molecule has 0 saturated heterocycles. The quantitative estimate of drug-likeness (QED) is 0.499. The van der Waals surface area contributed by atoms with Gasteiger partial charge in [-0.25, -0.2) is 4.79 Å². The van der Waals surface area contributed by atoms with Crippen LogP contribution in [0.5, 0.6) is 11.5 Å². The van der Waals surface area contributed by atoms with Crippen molar-refractivity contribution in [3.05, 3.63) is 81.9 Å². The number of hydrogen-bond acceptors (Lipinski definition) is 7. The van der Waals surface area contributed by atoms with Gasteiger partial charge in [-0.05, 0) is 41.3 Å². The minimum atomic E-state index is -4.51. The zero-order valence-corrected chi connectivity index (χ0v) is 21.4. The molecule has 4 rings (SSSR count). The maximum Gasteiger partial charge on any atom is 0.416 e. The van der Waals surface area contributed by atoms with Crippen LogP contribution in [0, 0.1) is 5.41 Å². The third kappa shape index (κ3) is 5.34. The molecule has 2 N–H and O–H groups in total. The lowest BCUT2D eigenvalue weighted by atomic mass is 9.70. The second-order valence-corrected chi connectivity index (χ2v) is 9.97. The number of esters is 1. The van der Waals surface area contributed by atoms with E-state index in [2.05, 4.69) is 0 Å². The molecule has 0 amide bonds. The zero-order valence-electron chi connectivity index (χ0n) is 21.4. The van der Waals surface area contributed by atoms with Crippen molar-refractivity contribution in [2.24, 2.45) is 11.1 Å². The van der Waals surface area contributed by atoms with E-state index in [4.69, 9.17) is 24.7 Å². The molecule has 0 bridgehead atoms. The minimum absolute atomic E-state index is 0.00535. The summed E-state index contributed by atoms with van der Waals surface area (Å²) >= 11 is 0. The van der Waals surface area contributed by atoms with Crippen molar-refractivity contribution >= 4 is 11.8 Å². The third-order valence-electron chi connectivity index (χ3n) is 6.55. The van der Waals surface area contributed by atoms with Crippen LogP contribution in [0.1, 0.15) is 49.3 Å². The van der Waals surface area contributed by atoms with Crippen LogP contribution < -0.4 is 15.2 Å². The Morgan fingerprint density at radius 3 is 2.53 bits per heavy atom. The number of rotatable bonds is 6. The normalized spacial score (nSPS) is 19.0. The summed E-state index contributed by atoms with van der Waals surface area (Å²) in [6, 6.07) is 9.55. The summed E-state index contributed by atoms with van der Waals surface area (Å²) in [7, 11) is 2.65. The molecule has 10 heteroatoms. The largest absolute Gasteiger partial charge is 0.496 e. The van der Waals surface area contributed by atoms with Crippen molar-refractivity contribution in [3.63, 3.8) is 0 Å². The van der Waals surface area contributed by atoms with Crippen molar-refractivity contribution in [2.75, 3.05) is 14.2 Å². The maximum absolute atomic E-state index is 13.3. The van der Waals surface area contributed by atoms with E-state index in [1.807, 2.05) is 13.8 Å². The molecule has 1 heterocycles. The highest BCUT2D eigenvalue weighted by Crippen LogP contribution is 2.48. The highest BCUT2D eigenvalue weighted by atomic mass is 19.4. The summed E-state index contributed by atoms with van der Waals surface area (Å²) in [6.45, 7) is 3.75. The zero-order chi connectivity index (χ0) is 27.8. The lowest BCUT2D eigenvalue weighted by Crippen LogP contribution is -2.35. The Bertz CT molecular complexity index is 1340. The van der Waals surface area contributed by atoms with E-state index >= 15 is 0 Å². The first kappa shape index (κ1) is 27.1. The highest BCUT2D eigenvalue weighted by molar-refractivity contribution is 6.03. The Labute approximate surface area is 218 Å². The number of carbonyl (C=O) groups excluding carboxylic acids is 2. The van der Waals surface area contributed by atoms with E-state index in [0.29, 0.717) is 34.6 Å². The fraction of sp³-hybridized carbons (Fsp3) is 0.357. The fourth-order valence-electron chi connectivity index (χ4n) is 4.84. The molecule has 0 aromatic heterocycles. The number of Topliss-reactive ketones (excluding diaryl/α,β-unsaturated/α-hetero) is 1. The van der Waals surface area contributed by atoms with Gasteiger partial charge in [-0.2, -0.15) is 13.2 Å². The van der Waals surface area contributed by atoms with Gasteiger partial charge in [0.15, 0.2) is 5.78 Å². The van der Waals surface area contributed by atoms with Gasteiger partial charge in [0, 0.05) is 24.0 Å². The number of alkyl halides is 3. The molecule has 0 unspecified atom stereocenters. The Kier molecular flexibility index (Phi) is 7.18. The van der Waals surface area contributed by atoms with Crippen LogP contribution >= 0.6 is 0 Å². The monoisotopic (exact) mass is 531 g/mol. The Balaban J connectivity index is 1.76. The van der Waals surface area contributed by atoms with Gasteiger partial charge in [-0.3, -0.25) is 4.79 Å². The molecule has 0 fully saturated rings. The lowest BCUT2D eigenvalue weighted by molar-refractivity contribution is -0.138. The van der Waals surface area contributed by atoms with Crippen LogP contribution in [0.25, 0.3) is 0 Å². The molecule has 2 aromatic carbocycles. The van der Waals surface area contributed by atoms with Crippen LogP contribution in [0.15, 0.2) is 65.3 Å². The number of halogens is 3. The standard InChI is InChI=1S/C28H28F3NO6/c1-27(2)12-19(33)23-21(13-27)38-25(32)24(26(34)36-4)22(23)15-8-9-20(35-3)16(10-15)14-37-18-7-5-6-17(11-18)28(29,30)31/h5-11,22H,12-14,32H2,1-4H3/t22-/m1/s1.